The molecule has 0 unspecified atom stereocenters. The minimum absolute atomic E-state index is 0.308. The molecule has 0 radical (unpaired) electrons. The molecule has 9 nitrogen and oxygen atoms in total. The van der Waals surface area contributed by atoms with E-state index in [2.05, 4.69) is 15.3 Å². The summed E-state index contributed by atoms with van der Waals surface area (Å²) in [5.74, 6) is 1.52. The monoisotopic (exact) mass is 417 g/mol. The third-order valence-electron chi connectivity index (χ3n) is 4.89. The van der Waals surface area contributed by atoms with Gasteiger partial charge in [0.25, 0.3) is 5.91 Å². The maximum absolute atomic E-state index is 12.8. The Kier molecular flexibility index (Phi) is 5.26. The highest BCUT2D eigenvalue weighted by atomic mass is 16.5. The molecule has 1 amide bonds. The van der Waals surface area contributed by atoms with Crippen LogP contribution in [0.3, 0.4) is 0 Å². The van der Waals surface area contributed by atoms with Crippen LogP contribution in [0.4, 0.5) is 11.6 Å². The van der Waals surface area contributed by atoms with E-state index < -0.39 is 0 Å². The lowest BCUT2D eigenvalue weighted by atomic mass is 10.1. The number of rotatable bonds is 5. The van der Waals surface area contributed by atoms with Crippen molar-refractivity contribution >= 4 is 23.1 Å². The van der Waals surface area contributed by atoms with Crippen molar-refractivity contribution in [2.45, 2.75) is 19.9 Å². The molecule has 0 spiro atoms. The van der Waals surface area contributed by atoms with Gasteiger partial charge in [0.05, 0.1) is 18.7 Å². The fourth-order valence-electron chi connectivity index (χ4n) is 3.36. The van der Waals surface area contributed by atoms with E-state index in [9.17, 15) is 4.79 Å². The van der Waals surface area contributed by atoms with Crippen LogP contribution in [0.1, 0.15) is 34.7 Å². The Morgan fingerprint density at radius 1 is 1.23 bits per heavy atom. The normalized spacial score (nSPS) is 12.0. The van der Waals surface area contributed by atoms with Gasteiger partial charge >= 0.3 is 0 Å². The Hall–Kier alpha value is -3.98. The van der Waals surface area contributed by atoms with Crippen molar-refractivity contribution in [2.75, 3.05) is 18.2 Å². The molecule has 1 aromatic carbocycles. The van der Waals surface area contributed by atoms with Crippen molar-refractivity contribution in [3.63, 3.8) is 0 Å². The van der Waals surface area contributed by atoms with Gasteiger partial charge in [-0.15, -0.1) is 0 Å². The maximum Gasteiger partial charge on any atom is 0.260 e. The fourth-order valence-corrected chi connectivity index (χ4v) is 3.36. The third kappa shape index (κ3) is 3.78. The van der Waals surface area contributed by atoms with Gasteiger partial charge in [0, 0.05) is 24.2 Å². The summed E-state index contributed by atoms with van der Waals surface area (Å²) in [5, 5.41) is 2.78. The number of ether oxygens (including phenoxy) is 1. The summed E-state index contributed by atoms with van der Waals surface area (Å²) in [4.78, 5) is 25.9. The fraction of sp³-hybridized carbons (Fsp3) is 0.182. The highest BCUT2D eigenvalue weighted by Crippen LogP contribution is 2.33. The zero-order valence-electron chi connectivity index (χ0n) is 17.5. The topological polar surface area (TPSA) is 133 Å². The van der Waals surface area contributed by atoms with E-state index in [-0.39, 0.29) is 11.9 Å². The minimum atomic E-state index is -0.327. The first-order valence-electron chi connectivity index (χ1n) is 9.69. The van der Waals surface area contributed by atoms with Crippen LogP contribution in [-0.2, 0) is 0 Å². The lowest BCUT2D eigenvalue weighted by Crippen LogP contribution is -2.14. The van der Waals surface area contributed by atoms with Gasteiger partial charge in [0.1, 0.15) is 34.4 Å². The Bertz CT molecular complexity index is 1260. The number of methoxy groups -OCH3 is 1. The second-order valence-corrected chi connectivity index (χ2v) is 7.23. The number of imidazole rings is 1. The molecule has 0 aliphatic carbocycles. The largest absolute Gasteiger partial charge is 0.496 e. The number of carbonyl (C=O) groups is 1. The van der Waals surface area contributed by atoms with Crippen LogP contribution < -0.4 is 21.5 Å². The summed E-state index contributed by atoms with van der Waals surface area (Å²) in [5.41, 5.74) is 15.6. The minimum Gasteiger partial charge on any atom is -0.496 e. The number of hydrogen-bond donors (Lipinski definition) is 3. The first-order chi connectivity index (χ1) is 14.9. The van der Waals surface area contributed by atoms with Crippen molar-refractivity contribution in [1.82, 2.24) is 19.4 Å². The average Bonchev–Trinajstić information content (AvgIpc) is 3.16. The molecule has 4 rings (SSSR count). The smallest absolute Gasteiger partial charge is 0.260 e. The second kappa shape index (κ2) is 8.04. The predicted molar refractivity (Wildman–Crippen MR) is 119 cm³/mol. The molecule has 0 aliphatic heterocycles. The van der Waals surface area contributed by atoms with E-state index in [1.807, 2.05) is 24.3 Å². The Balaban J connectivity index is 1.75. The summed E-state index contributed by atoms with van der Waals surface area (Å²) in [6, 6.07) is 8.53. The number of hydrogen-bond acceptors (Lipinski definition) is 7. The molecule has 158 valence electrons. The van der Waals surface area contributed by atoms with Crippen molar-refractivity contribution in [1.29, 1.82) is 0 Å². The first kappa shape index (κ1) is 20.3. The van der Waals surface area contributed by atoms with Crippen molar-refractivity contribution in [2.24, 2.45) is 5.73 Å². The van der Waals surface area contributed by atoms with Gasteiger partial charge in [0.2, 0.25) is 0 Å². The number of pyridine rings is 1. The van der Waals surface area contributed by atoms with Crippen LogP contribution in [0.15, 0.2) is 48.9 Å². The molecule has 3 heterocycles. The lowest BCUT2D eigenvalue weighted by molar-refractivity contribution is 0.102. The average molecular weight is 417 g/mol. The van der Waals surface area contributed by atoms with Crippen molar-refractivity contribution in [3.8, 4) is 17.0 Å². The van der Waals surface area contributed by atoms with Gasteiger partial charge in [-0.3, -0.25) is 9.20 Å². The van der Waals surface area contributed by atoms with Gasteiger partial charge < -0.3 is 21.5 Å². The van der Waals surface area contributed by atoms with Gasteiger partial charge in [-0.25, -0.2) is 15.0 Å². The number of fused-ring (bicyclic) bond motifs is 1. The number of aryl methyl sites for hydroxylation is 1. The number of nitrogens with one attached hydrogen (secondary N) is 1. The molecule has 0 fully saturated rings. The number of nitrogens with two attached hydrogens (primary N) is 2. The van der Waals surface area contributed by atoms with Gasteiger partial charge in [0.15, 0.2) is 0 Å². The van der Waals surface area contributed by atoms with E-state index >= 15 is 0 Å². The quantitative estimate of drug-likeness (QED) is 0.454. The summed E-state index contributed by atoms with van der Waals surface area (Å²) in [6.07, 6.45) is 5.07. The van der Waals surface area contributed by atoms with Crippen molar-refractivity contribution < 1.29 is 9.53 Å². The number of aromatic nitrogens is 4. The molecular formula is C22H23N7O2. The zero-order valence-corrected chi connectivity index (χ0v) is 17.5. The Morgan fingerprint density at radius 2 is 2.03 bits per heavy atom. The molecule has 0 saturated heterocycles. The molecule has 0 aliphatic rings. The van der Waals surface area contributed by atoms with Gasteiger partial charge in [-0.2, -0.15) is 0 Å². The summed E-state index contributed by atoms with van der Waals surface area (Å²) in [7, 11) is 1.51. The molecule has 0 bridgehead atoms. The van der Waals surface area contributed by atoms with Crippen LogP contribution >= 0.6 is 0 Å². The van der Waals surface area contributed by atoms with Crippen molar-refractivity contribution in [3.05, 3.63) is 65.9 Å². The standard InChI is InChI=1S/C22H23N7O2/c1-12-4-7-17(26-11-12)27-22(30)15-6-5-14(10-16(15)31-3)18-19-20(24)25-8-9-29(19)21(28-18)13(2)23/h4-11,13H,23H2,1-3H3,(H2,24,25)(H,26,27,30)/t13-/m0/s1. The molecular weight excluding hydrogens is 394 g/mol. The van der Waals surface area contributed by atoms with Crippen LogP contribution in [0.5, 0.6) is 5.75 Å². The third-order valence-corrected chi connectivity index (χ3v) is 4.89. The summed E-state index contributed by atoms with van der Waals surface area (Å²) >= 11 is 0. The predicted octanol–water partition coefficient (Wildman–Crippen LogP) is 2.96. The SMILES string of the molecule is COc1cc(-c2nc([C@H](C)N)n3ccnc(N)c23)ccc1C(=O)Nc1ccc(C)cn1. The van der Waals surface area contributed by atoms with Crippen LogP contribution in [-0.4, -0.2) is 32.4 Å². The number of amides is 1. The number of anilines is 2. The summed E-state index contributed by atoms with van der Waals surface area (Å²) < 4.78 is 7.33. The van der Waals surface area contributed by atoms with Gasteiger partial charge in [-0.05, 0) is 37.6 Å². The van der Waals surface area contributed by atoms with E-state index in [1.165, 1.54) is 7.11 Å². The van der Waals surface area contributed by atoms with E-state index in [0.29, 0.717) is 40.0 Å². The molecule has 1 atom stereocenters. The molecule has 4 aromatic rings. The van der Waals surface area contributed by atoms with E-state index in [0.717, 1.165) is 11.1 Å². The number of benzene rings is 1. The molecule has 9 heteroatoms. The van der Waals surface area contributed by atoms with E-state index in [1.54, 1.807) is 42.9 Å². The number of nitrogens with zero attached hydrogens (tertiary/aromatic N) is 4. The lowest BCUT2D eigenvalue weighted by Gasteiger charge is -2.11. The number of carbonyl (C=O) groups excluding carboxylic acids is 1. The molecule has 3 aromatic heterocycles. The zero-order chi connectivity index (χ0) is 22.1. The maximum atomic E-state index is 12.8. The Labute approximate surface area is 179 Å². The van der Waals surface area contributed by atoms with Crippen LogP contribution in [0.2, 0.25) is 0 Å². The Morgan fingerprint density at radius 3 is 2.71 bits per heavy atom. The summed E-state index contributed by atoms with van der Waals surface area (Å²) in [6.45, 7) is 3.78. The van der Waals surface area contributed by atoms with Crippen LogP contribution in [0.25, 0.3) is 16.8 Å². The highest BCUT2D eigenvalue weighted by Gasteiger charge is 2.20. The molecule has 31 heavy (non-hydrogen) atoms. The molecule has 5 N–H and O–H groups in total. The van der Waals surface area contributed by atoms with Crippen LogP contribution in [0, 0.1) is 6.92 Å². The highest BCUT2D eigenvalue weighted by molar-refractivity contribution is 6.06. The first-order valence-corrected chi connectivity index (χ1v) is 9.69. The second-order valence-electron chi connectivity index (χ2n) is 7.23. The van der Waals surface area contributed by atoms with E-state index in [4.69, 9.17) is 21.2 Å². The molecule has 0 saturated carbocycles. The van der Waals surface area contributed by atoms with Gasteiger partial charge in [-0.1, -0.05) is 12.1 Å². The number of nitrogen functional groups attached to an aromatic ring is 1.